The lowest BCUT2D eigenvalue weighted by atomic mass is 10.2. The van der Waals surface area contributed by atoms with Crippen LogP contribution in [0.1, 0.15) is 32.1 Å². The largest absolute Gasteiger partial charge is 0.379 e. The number of amides is 2. The van der Waals surface area contributed by atoms with Crippen molar-refractivity contribution >= 4 is 11.8 Å². The first-order valence-electron chi connectivity index (χ1n) is 7.60. The Balaban J connectivity index is 1.53. The zero-order valence-electron chi connectivity index (χ0n) is 12.0. The Labute approximate surface area is 120 Å². The van der Waals surface area contributed by atoms with Crippen LogP contribution in [0.4, 0.5) is 0 Å². The van der Waals surface area contributed by atoms with Crippen molar-refractivity contribution in [2.24, 2.45) is 0 Å². The molecule has 6 heteroatoms. The second-order valence-corrected chi connectivity index (χ2v) is 5.53. The predicted octanol–water partition coefficient (Wildman–Crippen LogP) is -0.116. The van der Waals surface area contributed by atoms with Gasteiger partial charge in [-0.05, 0) is 12.8 Å². The van der Waals surface area contributed by atoms with Crippen LogP contribution >= 0.6 is 0 Å². The SMILES string of the molecule is O=C(CC(=O)NC1CCCC1)NCCN1CCOCC1. The number of ether oxygens (including phenoxy) is 1. The zero-order valence-corrected chi connectivity index (χ0v) is 12.0. The Bertz CT molecular complexity index is 324. The van der Waals surface area contributed by atoms with E-state index in [2.05, 4.69) is 15.5 Å². The van der Waals surface area contributed by atoms with Gasteiger partial charge >= 0.3 is 0 Å². The Morgan fingerprint density at radius 2 is 1.80 bits per heavy atom. The lowest BCUT2D eigenvalue weighted by Gasteiger charge is -2.26. The molecule has 2 amide bonds. The normalized spacial score (nSPS) is 20.8. The average molecular weight is 283 g/mol. The first kappa shape index (κ1) is 15.3. The summed E-state index contributed by atoms with van der Waals surface area (Å²) in [4.78, 5) is 25.6. The maximum atomic E-state index is 11.7. The van der Waals surface area contributed by atoms with Crippen LogP contribution in [-0.2, 0) is 14.3 Å². The molecule has 2 fully saturated rings. The molecule has 6 nitrogen and oxygen atoms in total. The summed E-state index contributed by atoms with van der Waals surface area (Å²) in [6.45, 7) is 4.76. The summed E-state index contributed by atoms with van der Waals surface area (Å²) in [7, 11) is 0. The zero-order chi connectivity index (χ0) is 14.2. The quantitative estimate of drug-likeness (QED) is 0.667. The van der Waals surface area contributed by atoms with Gasteiger partial charge in [-0.1, -0.05) is 12.8 Å². The molecule has 0 bridgehead atoms. The van der Waals surface area contributed by atoms with E-state index in [1.165, 1.54) is 12.8 Å². The molecule has 1 aliphatic heterocycles. The smallest absolute Gasteiger partial charge is 0.229 e. The van der Waals surface area contributed by atoms with E-state index in [0.29, 0.717) is 6.54 Å². The monoisotopic (exact) mass is 283 g/mol. The van der Waals surface area contributed by atoms with E-state index in [4.69, 9.17) is 4.74 Å². The molecule has 0 aromatic heterocycles. The molecule has 1 saturated heterocycles. The van der Waals surface area contributed by atoms with Crippen LogP contribution in [0, 0.1) is 0 Å². The molecule has 2 N–H and O–H groups in total. The molecule has 2 rings (SSSR count). The van der Waals surface area contributed by atoms with Crippen molar-refractivity contribution in [1.29, 1.82) is 0 Å². The molecule has 114 valence electrons. The topological polar surface area (TPSA) is 70.7 Å². The van der Waals surface area contributed by atoms with Gasteiger partial charge in [0.15, 0.2) is 0 Å². The summed E-state index contributed by atoms with van der Waals surface area (Å²) in [6, 6.07) is 0.281. The van der Waals surface area contributed by atoms with Gasteiger partial charge in [-0.15, -0.1) is 0 Å². The van der Waals surface area contributed by atoms with Crippen LogP contribution in [-0.4, -0.2) is 62.1 Å². The van der Waals surface area contributed by atoms with Gasteiger partial charge < -0.3 is 15.4 Å². The summed E-state index contributed by atoms with van der Waals surface area (Å²) < 4.78 is 5.26. The molecule has 2 aliphatic rings. The number of rotatable bonds is 6. The van der Waals surface area contributed by atoms with Crippen molar-refractivity contribution in [2.75, 3.05) is 39.4 Å². The minimum atomic E-state index is -0.186. The van der Waals surface area contributed by atoms with E-state index in [9.17, 15) is 9.59 Å². The highest BCUT2D eigenvalue weighted by Crippen LogP contribution is 2.17. The number of nitrogens with one attached hydrogen (secondary N) is 2. The van der Waals surface area contributed by atoms with Gasteiger partial charge in [0, 0.05) is 32.2 Å². The fourth-order valence-corrected chi connectivity index (χ4v) is 2.74. The van der Waals surface area contributed by atoms with Gasteiger partial charge in [-0.25, -0.2) is 0 Å². The highest BCUT2D eigenvalue weighted by molar-refractivity contribution is 5.96. The lowest BCUT2D eigenvalue weighted by Crippen LogP contribution is -2.42. The lowest BCUT2D eigenvalue weighted by molar-refractivity contribution is -0.129. The van der Waals surface area contributed by atoms with E-state index >= 15 is 0 Å². The molecule has 0 aromatic carbocycles. The van der Waals surface area contributed by atoms with Crippen LogP contribution < -0.4 is 10.6 Å². The first-order valence-corrected chi connectivity index (χ1v) is 7.60. The van der Waals surface area contributed by atoms with E-state index in [0.717, 1.165) is 45.7 Å². The Kier molecular flexibility index (Phi) is 6.26. The van der Waals surface area contributed by atoms with Gasteiger partial charge in [0.2, 0.25) is 11.8 Å². The number of carbonyl (C=O) groups excluding carboxylic acids is 2. The van der Waals surface area contributed by atoms with Crippen LogP contribution in [0.15, 0.2) is 0 Å². The van der Waals surface area contributed by atoms with Crippen LogP contribution in [0.5, 0.6) is 0 Å². The summed E-state index contributed by atoms with van der Waals surface area (Å²) in [5.74, 6) is -0.338. The summed E-state index contributed by atoms with van der Waals surface area (Å²) >= 11 is 0. The third-order valence-electron chi connectivity index (χ3n) is 3.90. The maximum absolute atomic E-state index is 11.7. The van der Waals surface area contributed by atoms with Crippen molar-refractivity contribution < 1.29 is 14.3 Å². The number of nitrogens with zero attached hydrogens (tertiary/aromatic N) is 1. The van der Waals surface area contributed by atoms with Gasteiger partial charge in [-0.2, -0.15) is 0 Å². The molecule has 0 unspecified atom stereocenters. The van der Waals surface area contributed by atoms with Crippen molar-refractivity contribution in [3.63, 3.8) is 0 Å². The van der Waals surface area contributed by atoms with E-state index in [-0.39, 0.29) is 24.3 Å². The second kappa shape index (κ2) is 8.21. The number of carbonyl (C=O) groups is 2. The van der Waals surface area contributed by atoms with Crippen molar-refractivity contribution in [2.45, 2.75) is 38.1 Å². The van der Waals surface area contributed by atoms with Crippen molar-refractivity contribution in [3.05, 3.63) is 0 Å². The predicted molar refractivity (Wildman–Crippen MR) is 75.3 cm³/mol. The minimum Gasteiger partial charge on any atom is -0.379 e. The molecule has 20 heavy (non-hydrogen) atoms. The minimum absolute atomic E-state index is 0.0559. The third-order valence-corrected chi connectivity index (χ3v) is 3.90. The number of hydrogen-bond acceptors (Lipinski definition) is 4. The summed E-state index contributed by atoms with van der Waals surface area (Å²) in [5.41, 5.74) is 0. The summed E-state index contributed by atoms with van der Waals surface area (Å²) in [6.07, 6.45) is 4.39. The second-order valence-electron chi connectivity index (χ2n) is 5.53. The van der Waals surface area contributed by atoms with Gasteiger partial charge in [0.05, 0.1) is 13.2 Å². The molecule has 1 saturated carbocycles. The third kappa shape index (κ3) is 5.46. The van der Waals surface area contributed by atoms with Crippen LogP contribution in [0.3, 0.4) is 0 Å². The highest BCUT2D eigenvalue weighted by Gasteiger charge is 2.18. The highest BCUT2D eigenvalue weighted by atomic mass is 16.5. The molecular weight excluding hydrogens is 258 g/mol. The average Bonchev–Trinajstić information content (AvgIpc) is 2.92. The number of hydrogen-bond donors (Lipinski definition) is 2. The van der Waals surface area contributed by atoms with Crippen molar-refractivity contribution in [3.8, 4) is 0 Å². The standard InChI is InChI=1S/C14H25N3O3/c18-13(11-14(19)16-12-3-1-2-4-12)15-5-6-17-7-9-20-10-8-17/h12H,1-11H2,(H,15,18)(H,16,19). The van der Waals surface area contributed by atoms with E-state index < -0.39 is 0 Å². The Morgan fingerprint density at radius 3 is 2.50 bits per heavy atom. The fourth-order valence-electron chi connectivity index (χ4n) is 2.74. The molecular formula is C14H25N3O3. The molecule has 0 aromatic rings. The van der Waals surface area contributed by atoms with Crippen LogP contribution in [0.25, 0.3) is 0 Å². The van der Waals surface area contributed by atoms with Crippen molar-refractivity contribution in [1.82, 2.24) is 15.5 Å². The Morgan fingerprint density at radius 1 is 1.10 bits per heavy atom. The molecule has 1 aliphatic carbocycles. The van der Waals surface area contributed by atoms with Gasteiger partial charge in [0.1, 0.15) is 6.42 Å². The van der Waals surface area contributed by atoms with Gasteiger partial charge in [-0.3, -0.25) is 14.5 Å². The van der Waals surface area contributed by atoms with E-state index in [1.54, 1.807) is 0 Å². The maximum Gasteiger partial charge on any atom is 0.229 e. The molecule has 0 spiro atoms. The molecule has 1 heterocycles. The molecule has 0 atom stereocenters. The van der Waals surface area contributed by atoms with Gasteiger partial charge in [0.25, 0.3) is 0 Å². The first-order chi connectivity index (χ1) is 9.74. The van der Waals surface area contributed by atoms with Crippen LogP contribution in [0.2, 0.25) is 0 Å². The number of morpholine rings is 1. The molecule has 0 radical (unpaired) electrons. The Hall–Kier alpha value is -1.14. The van der Waals surface area contributed by atoms with E-state index in [1.807, 2.05) is 0 Å². The summed E-state index contributed by atoms with van der Waals surface area (Å²) in [5, 5.41) is 5.73. The fraction of sp³-hybridized carbons (Fsp3) is 0.857.